The van der Waals surface area contributed by atoms with Crippen molar-refractivity contribution in [3.8, 4) is 5.75 Å². The SMILES string of the molecule is CN=c1n(CC(=O)c2cc(C(C)(C)C)c(O)c(C(C)(C)C)c2)cc2n1CCC2. The van der Waals surface area contributed by atoms with Crippen molar-refractivity contribution < 1.29 is 9.90 Å². The molecule has 0 spiro atoms. The van der Waals surface area contributed by atoms with Gasteiger partial charge in [0.05, 0.1) is 6.54 Å². The van der Waals surface area contributed by atoms with E-state index in [1.165, 1.54) is 5.69 Å². The Bertz CT molecular complexity index is 944. The molecule has 28 heavy (non-hydrogen) atoms. The quantitative estimate of drug-likeness (QED) is 0.816. The first-order valence-corrected chi connectivity index (χ1v) is 10.1. The van der Waals surface area contributed by atoms with E-state index in [1.807, 2.05) is 16.7 Å². The van der Waals surface area contributed by atoms with Gasteiger partial charge in [-0.05, 0) is 35.8 Å². The van der Waals surface area contributed by atoms with Crippen LogP contribution in [0.15, 0.2) is 23.3 Å². The van der Waals surface area contributed by atoms with E-state index in [0.29, 0.717) is 11.3 Å². The monoisotopic (exact) mass is 383 g/mol. The number of Topliss-reactive ketones (excluding diaryl/α,β-unsaturated/α-hetero) is 1. The maximum absolute atomic E-state index is 13.2. The van der Waals surface area contributed by atoms with E-state index in [4.69, 9.17) is 0 Å². The summed E-state index contributed by atoms with van der Waals surface area (Å²) in [7, 11) is 1.78. The van der Waals surface area contributed by atoms with Crippen molar-refractivity contribution in [1.29, 1.82) is 0 Å². The van der Waals surface area contributed by atoms with Crippen LogP contribution in [0.2, 0.25) is 0 Å². The number of aryl methyl sites for hydroxylation is 1. The van der Waals surface area contributed by atoms with E-state index in [0.717, 1.165) is 36.1 Å². The summed E-state index contributed by atoms with van der Waals surface area (Å²) in [6, 6.07) is 3.72. The molecule has 0 saturated carbocycles. The fraction of sp³-hybridized carbons (Fsp3) is 0.565. The minimum atomic E-state index is -0.255. The molecule has 0 unspecified atom stereocenters. The molecular weight excluding hydrogens is 350 g/mol. The molecule has 1 N–H and O–H groups in total. The fourth-order valence-corrected chi connectivity index (χ4v) is 4.00. The molecule has 0 radical (unpaired) electrons. The second-order valence-electron chi connectivity index (χ2n) is 9.87. The van der Waals surface area contributed by atoms with Gasteiger partial charge < -0.3 is 14.2 Å². The Hall–Kier alpha value is -2.30. The molecule has 0 fully saturated rings. The van der Waals surface area contributed by atoms with Crippen molar-refractivity contribution in [3.63, 3.8) is 0 Å². The Labute approximate surface area is 167 Å². The third-order valence-electron chi connectivity index (χ3n) is 5.53. The number of rotatable bonds is 3. The molecule has 0 bridgehead atoms. The lowest BCUT2D eigenvalue weighted by molar-refractivity contribution is 0.0970. The Morgan fingerprint density at radius 2 is 1.68 bits per heavy atom. The van der Waals surface area contributed by atoms with Gasteiger partial charge in [-0.1, -0.05) is 41.5 Å². The first kappa shape index (κ1) is 20.4. The number of benzene rings is 1. The minimum Gasteiger partial charge on any atom is -0.507 e. The van der Waals surface area contributed by atoms with E-state index >= 15 is 0 Å². The van der Waals surface area contributed by atoms with Gasteiger partial charge in [-0.25, -0.2) is 0 Å². The third-order valence-corrected chi connectivity index (χ3v) is 5.53. The summed E-state index contributed by atoms with van der Waals surface area (Å²) >= 11 is 0. The number of aromatic hydroxyl groups is 1. The number of ketones is 1. The third kappa shape index (κ3) is 3.67. The summed E-state index contributed by atoms with van der Waals surface area (Å²) in [5.41, 5.74) is 3.86. The number of hydrogen-bond donors (Lipinski definition) is 1. The van der Waals surface area contributed by atoms with Crippen molar-refractivity contribution in [2.24, 2.45) is 4.99 Å². The molecule has 0 atom stereocenters. The largest absolute Gasteiger partial charge is 0.507 e. The van der Waals surface area contributed by atoms with Gasteiger partial charge in [-0.15, -0.1) is 0 Å². The summed E-state index contributed by atoms with van der Waals surface area (Å²) in [4.78, 5) is 17.6. The van der Waals surface area contributed by atoms with E-state index in [2.05, 4.69) is 57.3 Å². The molecule has 3 rings (SSSR count). The smallest absolute Gasteiger partial charge is 0.205 e. The zero-order valence-corrected chi connectivity index (χ0v) is 18.3. The first-order valence-electron chi connectivity index (χ1n) is 10.1. The van der Waals surface area contributed by atoms with Gasteiger partial charge in [0.2, 0.25) is 5.62 Å². The van der Waals surface area contributed by atoms with E-state index in [-0.39, 0.29) is 23.2 Å². The highest BCUT2D eigenvalue weighted by Gasteiger charge is 2.28. The van der Waals surface area contributed by atoms with Crippen LogP contribution in [0.3, 0.4) is 0 Å². The highest BCUT2D eigenvalue weighted by molar-refractivity contribution is 5.96. The summed E-state index contributed by atoms with van der Waals surface area (Å²) in [5, 5.41) is 10.9. The van der Waals surface area contributed by atoms with Crippen LogP contribution >= 0.6 is 0 Å². The zero-order chi connectivity index (χ0) is 20.9. The van der Waals surface area contributed by atoms with E-state index in [9.17, 15) is 9.90 Å². The summed E-state index contributed by atoms with van der Waals surface area (Å²) in [6.45, 7) is 13.6. The molecule has 2 aromatic rings. The van der Waals surface area contributed by atoms with Gasteiger partial charge in [0.15, 0.2) is 5.78 Å². The maximum atomic E-state index is 13.2. The minimum absolute atomic E-state index is 0.0372. The molecule has 0 aliphatic carbocycles. The molecule has 1 aromatic carbocycles. The Morgan fingerprint density at radius 1 is 1.11 bits per heavy atom. The molecule has 2 heterocycles. The Kier molecular flexibility index (Phi) is 5.07. The van der Waals surface area contributed by atoms with Crippen molar-refractivity contribution in [2.75, 3.05) is 7.05 Å². The Morgan fingerprint density at radius 3 is 2.18 bits per heavy atom. The summed E-state index contributed by atoms with van der Waals surface area (Å²) in [6.07, 6.45) is 4.22. The van der Waals surface area contributed by atoms with Gasteiger partial charge in [0, 0.05) is 42.2 Å². The molecule has 152 valence electrons. The Balaban J connectivity index is 2.05. The van der Waals surface area contributed by atoms with Crippen LogP contribution in [0.25, 0.3) is 0 Å². The number of carbonyl (C=O) groups is 1. The van der Waals surface area contributed by atoms with Crippen molar-refractivity contribution in [1.82, 2.24) is 9.13 Å². The van der Waals surface area contributed by atoms with Crippen LogP contribution in [0, 0.1) is 0 Å². The van der Waals surface area contributed by atoms with Gasteiger partial charge in [-0.3, -0.25) is 9.79 Å². The van der Waals surface area contributed by atoms with Crippen LogP contribution in [-0.4, -0.2) is 27.1 Å². The second kappa shape index (κ2) is 6.94. The maximum Gasteiger partial charge on any atom is 0.205 e. The average Bonchev–Trinajstić information content (AvgIpc) is 3.13. The number of nitrogens with zero attached hydrogens (tertiary/aromatic N) is 3. The number of phenolic OH excluding ortho intramolecular Hbond substituents is 1. The molecule has 1 aromatic heterocycles. The lowest BCUT2D eigenvalue weighted by Crippen LogP contribution is -2.28. The lowest BCUT2D eigenvalue weighted by atomic mass is 9.78. The molecular formula is C23H33N3O2. The fourth-order valence-electron chi connectivity index (χ4n) is 4.00. The molecule has 0 saturated heterocycles. The van der Waals surface area contributed by atoms with Gasteiger partial charge in [0.25, 0.3) is 0 Å². The zero-order valence-electron chi connectivity index (χ0n) is 18.3. The molecule has 5 nitrogen and oxygen atoms in total. The topological polar surface area (TPSA) is 59.5 Å². The number of carbonyl (C=O) groups excluding carboxylic acids is 1. The molecule has 0 amide bonds. The predicted octanol–water partition coefficient (Wildman–Crippen LogP) is 3.95. The van der Waals surface area contributed by atoms with Crippen molar-refractivity contribution in [2.45, 2.75) is 78.3 Å². The standard InChI is InChI=1S/C23H33N3O2/c1-22(2,3)17-11-15(12-18(20(17)28)23(4,5)6)19(27)14-25-13-16-9-8-10-26(16)21(25)24-7/h11-13,28H,8-10,14H2,1-7H3. The second-order valence-corrected chi connectivity index (χ2v) is 9.87. The highest BCUT2D eigenvalue weighted by atomic mass is 16.3. The predicted molar refractivity (Wildman–Crippen MR) is 112 cm³/mol. The summed E-state index contributed by atoms with van der Waals surface area (Å²) < 4.78 is 4.16. The van der Waals surface area contributed by atoms with Gasteiger partial charge in [-0.2, -0.15) is 0 Å². The van der Waals surface area contributed by atoms with Crippen molar-refractivity contribution in [3.05, 3.63) is 46.3 Å². The van der Waals surface area contributed by atoms with Gasteiger partial charge >= 0.3 is 0 Å². The van der Waals surface area contributed by atoms with E-state index in [1.54, 1.807) is 7.05 Å². The number of imidazole rings is 1. The van der Waals surface area contributed by atoms with Crippen molar-refractivity contribution >= 4 is 5.78 Å². The number of fused-ring (bicyclic) bond motifs is 1. The van der Waals surface area contributed by atoms with Crippen LogP contribution < -0.4 is 5.62 Å². The number of phenols is 1. The van der Waals surface area contributed by atoms with Crippen LogP contribution in [-0.2, 0) is 30.3 Å². The number of hydrogen-bond acceptors (Lipinski definition) is 3. The first-order chi connectivity index (χ1) is 12.9. The normalized spacial score (nSPS) is 15.2. The lowest BCUT2D eigenvalue weighted by Gasteiger charge is -2.28. The molecule has 5 heteroatoms. The number of aromatic nitrogens is 2. The van der Waals surface area contributed by atoms with Crippen LogP contribution in [0.1, 0.15) is 75.1 Å². The summed E-state index contributed by atoms with van der Waals surface area (Å²) in [5.74, 6) is 0.339. The average molecular weight is 384 g/mol. The highest BCUT2D eigenvalue weighted by Crippen LogP contribution is 2.39. The van der Waals surface area contributed by atoms with Crippen LogP contribution in [0.4, 0.5) is 0 Å². The van der Waals surface area contributed by atoms with Gasteiger partial charge in [0.1, 0.15) is 5.75 Å². The van der Waals surface area contributed by atoms with E-state index < -0.39 is 0 Å². The van der Waals surface area contributed by atoms with Crippen LogP contribution in [0.5, 0.6) is 5.75 Å². The molecule has 1 aliphatic heterocycles. The molecule has 1 aliphatic rings.